The number of hydrogen-bond acceptors (Lipinski definition) is 5. The molecule has 1 atom stereocenters. The van der Waals surface area contributed by atoms with E-state index in [9.17, 15) is 9.59 Å². The van der Waals surface area contributed by atoms with Crippen molar-refractivity contribution in [2.75, 3.05) is 26.3 Å². The van der Waals surface area contributed by atoms with Gasteiger partial charge in [-0.2, -0.15) is 0 Å². The van der Waals surface area contributed by atoms with Gasteiger partial charge in [0.05, 0.1) is 10.9 Å². The van der Waals surface area contributed by atoms with E-state index in [2.05, 4.69) is 0 Å². The molecule has 0 bridgehead atoms. The van der Waals surface area contributed by atoms with E-state index in [1.807, 2.05) is 66.4 Å². The van der Waals surface area contributed by atoms with Crippen molar-refractivity contribution in [3.05, 3.63) is 70.5 Å². The van der Waals surface area contributed by atoms with Crippen molar-refractivity contribution >= 4 is 28.6 Å². The third-order valence-corrected chi connectivity index (χ3v) is 6.90. The van der Waals surface area contributed by atoms with Gasteiger partial charge >= 0.3 is 0 Å². The zero-order chi connectivity index (χ0) is 22.3. The molecule has 4 rings (SSSR count). The molecule has 1 amide bonds. The molecular weight excluding hydrogens is 422 g/mol. The summed E-state index contributed by atoms with van der Waals surface area (Å²) in [4.78, 5) is 33.6. The van der Waals surface area contributed by atoms with Gasteiger partial charge in [-0.3, -0.25) is 14.2 Å². The molecule has 1 aromatic heterocycles. The molecule has 1 fully saturated rings. The molecule has 1 saturated heterocycles. The average Bonchev–Trinajstić information content (AvgIpc) is 3.37. The Labute approximate surface area is 192 Å². The van der Waals surface area contributed by atoms with Gasteiger partial charge in [-0.25, -0.2) is 4.98 Å². The van der Waals surface area contributed by atoms with E-state index in [4.69, 9.17) is 9.72 Å². The molecule has 7 heteroatoms. The molecule has 32 heavy (non-hydrogen) atoms. The number of thioether (sulfide) groups is 1. The molecule has 0 aliphatic carbocycles. The SMILES string of the molecule is CCOCCCn1c(SC(C(=O)N2CCCC2)c2ccccc2)nc2ccccc2c1=O. The van der Waals surface area contributed by atoms with Gasteiger partial charge < -0.3 is 9.64 Å². The number of carbonyl (C=O) groups is 1. The van der Waals surface area contributed by atoms with Gasteiger partial charge in [-0.1, -0.05) is 54.2 Å². The number of rotatable bonds is 9. The first-order valence-corrected chi connectivity index (χ1v) is 12.1. The van der Waals surface area contributed by atoms with Crippen LogP contribution >= 0.6 is 11.8 Å². The number of amides is 1. The summed E-state index contributed by atoms with van der Waals surface area (Å²) in [5, 5.41) is 0.725. The number of aromatic nitrogens is 2. The van der Waals surface area contributed by atoms with Crippen LogP contribution in [0.1, 0.15) is 37.0 Å². The number of nitrogens with zero attached hydrogens (tertiary/aromatic N) is 3. The van der Waals surface area contributed by atoms with Crippen molar-refractivity contribution in [1.82, 2.24) is 14.5 Å². The van der Waals surface area contributed by atoms with Gasteiger partial charge in [-0.15, -0.1) is 0 Å². The van der Waals surface area contributed by atoms with E-state index >= 15 is 0 Å². The molecule has 1 unspecified atom stereocenters. The van der Waals surface area contributed by atoms with Gasteiger partial charge in [0.1, 0.15) is 5.25 Å². The minimum Gasteiger partial charge on any atom is -0.382 e. The second kappa shape index (κ2) is 10.8. The molecule has 0 N–H and O–H groups in total. The second-order valence-corrected chi connectivity index (χ2v) is 8.93. The minimum atomic E-state index is -0.444. The first-order valence-electron chi connectivity index (χ1n) is 11.3. The van der Waals surface area contributed by atoms with Crippen LogP contribution in [-0.2, 0) is 16.1 Å². The summed E-state index contributed by atoms with van der Waals surface area (Å²) in [6.07, 6.45) is 2.78. The molecule has 2 heterocycles. The van der Waals surface area contributed by atoms with E-state index in [1.165, 1.54) is 11.8 Å². The molecular formula is C25H29N3O3S. The Bertz CT molecular complexity index is 1110. The Morgan fingerprint density at radius 3 is 2.56 bits per heavy atom. The molecule has 1 aliphatic rings. The van der Waals surface area contributed by atoms with Gasteiger partial charge in [-0.05, 0) is 43.9 Å². The summed E-state index contributed by atoms with van der Waals surface area (Å²) < 4.78 is 7.18. The highest BCUT2D eigenvalue weighted by Crippen LogP contribution is 2.36. The summed E-state index contributed by atoms with van der Waals surface area (Å²) in [6, 6.07) is 17.2. The van der Waals surface area contributed by atoms with Crippen molar-refractivity contribution in [3.63, 3.8) is 0 Å². The van der Waals surface area contributed by atoms with Crippen LogP contribution < -0.4 is 5.56 Å². The Morgan fingerprint density at radius 2 is 1.81 bits per heavy atom. The average molecular weight is 452 g/mol. The number of carbonyl (C=O) groups excluding carboxylic acids is 1. The Kier molecular flexibility index (Phi) is 7.60. The number of likely N-dealkylation sites (tertiary alicyclic amines) is 1. The highest BCUT2D eigenvalue weighted by atomic mass is 32.2. The van der Waals surface area contributed by atoms with E-state index in [1.54, 1.807) is 4.57 Å². The fourth-order valence-corrected chi connectivity index (χ4v) is 5.21. The lowest BCUT2D eigenvalue weighted by Gasteiger charge is -2.24. The molecule has 2 aromatic carbocycles. The first kappa shape index (κ1) is 22.6. The lowest BCUT2D eigenvalue weighted by atomic mass is 10.1. The highest BCUT2D eigenvalue weighted by molar-refractivity contribution is 8.00. The summed E-state index contributed by atoms with van der Waals surface area (Å²) in [5.41, 5.74) is 1.51. The number of benzene rings is 2. The lowest BCUT2D eigenvalue weighted by molar-refractivity contribution is -0.129. The number of ether oxygens (including phenoxy) is 1. The fraction of sp³-hybridized carbons (Fsp3) is 0.400. The Morgan fingerprint density at radius 1 is 1.09 bits per heavy atom. The number of hydrogen-bond donors (Lipinski definition) is 0. The topological polar surface area (TPSA) is 64.4 Å². The number of para-hydroxylation sites is 1. The molecule has 1 aliphatic heterocycles. The minimum absolute atomic E-state index is 0.0740. The Balaban J connectivity index is 1.73. The highest BCUT2D eigenvalue weighted by Gasteiger charge is 2.30. The van der Waals surface area contributed by atoms with Gasteiger partial charge in [0.25, 0.3) is 5.56 Å². The van der Waals surface area contributed by atoms with Crippen LogP contribution in [0.3, 0.4) is 0 Å². The van der Waals surface area contributed by atoms with E-state index in [0.29, 0.717) is 42.2 Å². The predicted octanol–water partition coefficient (Wildman–Crippen LogP) is 4.28. The van der Waals surface area contributed by atoms with Crippen LogP contribution in [0.2, 0.25) is 0 Å². The monoisotopic (exact) mass is 451 g/mol. The molecule has 0 saturated carbocycles. The smallest absolute Gasteiger partial charge is 0.262 e. The van der Waals surface area contributed by atoms with E-state index in [-0.39, 0.29) is 11.5 Å². The van der Waals surface area contributed by atoms with Crippen molar-refractivity contribution in [1.29, 1.82) is 0 Å². The molecule has 0 radical (unpaired) electrons. The van der Waals surface area contributed by atoms with Crippen molar-refractivity contribution in [2.24, 2.45) is 0 Å². The van der Waals surface area contributed by atoms with Crippen LogP contribution in [0.5, 0.6) is 0 Å². The van der Waals surface area contributed by atoms with E-state index < -0.39 is 5.25 Å². The van der Waals surface area contributed by atoms with Crippen molar-refractivity contribution in [3.8, 4) is 0 Å². The van der Waals surface area contributed by atoms with Gasteiger partial charge in [0, 0.05) is 32.8 Å². The van der Waals surface area contributed by atoms with Crippen LogP contribution in [0.15, 0.2) is 64.5 Å². The molecule has 3 aromatic rings. The summed E-state index contributed by atoms with van der Waals surface area (Å²) >= 11 is 1.38. The van der Waals surface area contributed by atoms with Crippen LogP contribution in [0.4, 0.5) is 0 Å². The zero-order valence-corrected chi connectivity index (χ0v) is 19.2. The largest absolute Gasteiger partial charge is 0.382 e. The Hall–Kier alpha value is -2.64. The summed E-state index contributed by atoms with van der Waals surface area (Å²) in [5.74, 6) is 0.0852. The van der Waals surface area contributed by atoms with Crippen molar-refractivity contribution in [2.45, 2.75) is 43.1 Å². The quantitative estimate of drug-likeness (QED) is 0.276. The van der Waals surface area contributed by atoms with Crippen molar-refractivity contribution < 1.29 is 9.53 Å². The third-order valence-electron chi connectivity index (χ3n) is 5.67. The van der Waals surface area contributed by atoms with Crippen LogP contribution in [0, 0.1) is 0 Å². The van der Waals surface area contributed by atoms with Crippen LogP contribution in [-0.4, -0.2) is 46.7 Å². The third kappa shape index (κ3) is 5.05. The fourth-order valence-electron chi connectivity index (χ4n) is 4.00. The summed E-state index contributed by atoms with van der Waals surface area (Å²) in [7, 11) is 0. The maximum atomic E-state index is 13.5. The van der Waals surface area contributed by atoms with Gasteiger partial charge in [0.15, 0.2) is 5.16 Å². The predicted molar refractivity (Wildman–Crippen MR) is 128 cm³/mol. The summed E-state index contributed by atoms with van der Waals surface area (Å²) in [6.45, 7) is 5.25. The maximum Gasteiger partial charge on any atom is 0.262 e. The maximum absolute atomic E-state index is 13.5. The first-order chi connectivity index (χ1) is 15.7. The molecule has 168 valence electrons. The van der Waals surface area contributed by atoms with Crippen LogP contribution in [0.25, 0.3) is 10.9 Å². The van der Waals surface area contributed by atoms with E-state index in [0.717, 1.165) is 31.5 Å². The second-order valence-electron chi connectivity index (χ2n) is 7.86. The normalized spacial score (nSPS) is 14.7. The van der Waals surface area contributed by atoms with Gasteiger partial charge in [0.2, 0.25) is 5.91 Å². The molecule has 0 spiro atoms. The zero-order valence-electron chi connectivity index (χ0n) is 18.4. The number of fused-ring (bicyclic) bond motifs is 1. The standard InChI is InChI=1S/C25H29N3O3S/c1-2-31-18-10-17-28-23(29)20-13-6-7-14-21(20)26-25(28)32-22(19-11-4-3-5-12-19)24(30)27-15-8-9-16-27/h3-7,11-14,22H,2,8-10,15-18H2,1H3. The lowest BCUT2D eigenvalue weighted by Crippen LogP contribution is -2.32. The molecule has 6 nitrogen and oxygen atoms in total.